The van der Waals surface area contributed by atoms with Gasteiger partial charge in [-0.1, -0.05) is 12.1 Å². The molecule has 0 atom stereocenters. The minimum atomic E-state index is -1.13. The minimum absolute atomic E-state index is 0.0719. The van der Waals surface area contributed by atoms with Crippen molar-refractivity contribution in [2.75, 3.05) is 19.6 Å². The summed E-state index contributed by atoms with van der Waals surface area (Å²) in [6.07, 6.45) is 0. The Kier molecular flexibility index (Phi) is 5.31. The van der Waals surface area contributed by atoms with E-state index >= 15 is 0 Å². The third-order valence-corrected chi connectivity index (χ3v) is 2.35. The number of aromatic nitrogens is 1. The Morgan fingerprint density at radius 3 is 2.72 bits per heavy atom. The van der Waals surface area contributed by atoms with E-state index in [1.807, 2.05) is 18.7 Å². The summed E-state index contributed by atoms with van der Waals surface area (Å²) in [4.78, 5) is 23.9. The maximum Gasteiger partial charge on any atom is 0.358 e. The smallest absolute Gasteiger partial charge is 0.358 e. The van der Waals surface area contributed by atoms with Crippen molar-refractivity contribution >= 4 is 11.9 Å². The number of hydrogen-bond donors (Lipinski definition) is 2. The van der Waals surface area contributed by atoms with Crippen molar-refractivity contribution in [1.29, 1.82) is 0 Å². The fraction of sp³-hybridized carbons (Fsp3) is 0.545. The lowest BCUT2D eigenvalue weighted by Gasteiger charge is -2.17. The fourth-order valence-electron chi connectivity index (χ4n) is 1.44. The summed E-state index contributed by atoms with van der Waals surface area (Å²) in [5, 5.41) is 14.8. The number of carbonyl (C=O) groups excluding carboxylic acids is 1. The van der Waals surface area contributed by atoms with Gasteiger partial charge in [0.1, 0.15) is 0 Å². The molecule has 0 radical (unpaired) electrons. The van der Waals surface area contributed by atoms with Crippen molar-refractivity contribution in [2.45, 2.75) is 20.4 Å². The van der Waals surface area contributed by atoms with Gasteiger partial charge >= 0.3 is 5.97 Å². The minimum Gasteiger partial charge on any atom is -0.476 e. The van der Waals surface area contributed by atoms with Gasteiger partial charge in [0, 0.05) is 12.6 Å². The van der Waals surface area contributed by atoms with Crippen LogP contribution in [0.3, 0.4) is 0 Å². The predicted octanol–water partition coefficient (Wildman–Crippen LogP) is 0.331. The predicted molar refractivity (Wildman–Crippen MR) is 63.1 cm³/mol. The van der Waals surface area contributed by atoms with Gasteiger partial charge in [-0.15, -0.1) is 0 Å². The molecule has 1 rings (SSSR count). The van der Waals surface area contributed by atoms with Crippen LogP contribution in [0.5, 0.6) is 0 Å². The summed E-state index contributed by atoms with van der Waals surface area (Å²) in [6.45, 7) is 5.60. The molecular formula is C11H17N3O4. The third-order valence-electron chi connectivity index (χ3n) is 2.35. The van der Waals surface area contributed by atoms with Gasteiger partial charge in [-0.25, -0.2) is 4.79 Å². The number of aromatic carboxylic acids is 1. The third kappa shape index (κ3) is 4.17. The van der Waals surface area contributed by atoms with E-state index in [0.717, 1.165) is 0 Å². The molecule has 18 heavy (non-hydrogen) atoms. The number of nitrogens with zero attached hydrogens (tertiary/aromatic N) is 2. The van der Waals surface area contributed by atoms with Crippen molar-refractivity contribution < 1.29 is 19.2 Å². The van der Waals surface area contributed by atoms with Crippen LogP contribution >= 0.6 is 0 Å². The summed E-state index contributed by atoms with van der Waals surface area (Å²) < 4.78 is 4.90. The number of nitrogens with one attached hydrogen (secondary N) is 1. The number of likely N-dealkylation sites (N-methyl/N-ethyl adjacent to an activating group) is 2. The van der Waals surface area contributed by atoms with Gasteiger partial charge in [-0.3, -0.25) is 9.69 Å². The second-order valence-corrected chi connectivity index (χ2v) is 3.74. The molecule has 1 amide bonds. The molecule has 1 aromatic heterocycles. The first kappa shape index (κ1) is 14.2. The van der Waals surface area contributed by atoms with Crippen molar-refractivity contribution in [3.63, 3.8) is 0 Å². The van der Waals surface area contributed by atoms with E-state index in [1.54, 1.807) is 0 Å². The number of carbonyl (C=O) groups is 2. The Hall–Kier alpha value is -1.89. The molecule has 0 spiro atoms. The zero-order valence-electron chi connectivity index (χ0n) is 10.5. The zero-order chi connectivity index (χ0) is 13.5. The molecule has 0 fully saturated rings. The topological polar surface area (TPSA) is 95.7 Å². The average Bonchev–Trinajstić information content (AvgIpc) is 2.77. The van der Waals surface area contributed by atoms with Gasteiger partial charge in [0.15, 0.2) is 11.5 Å². The molecule has 2 N–H and O–H groups in total. The van der Waals surface area contributed by atoms with Crippen LogP contribution in [0.25, 0.3) is 0 Å². The molecule has 1 heterocycles. The summed E-state index contributed by atoms with van der Waals surface area (Å²) in [6, 6.07) is 1.36. The molecule has 0 aliphatic rings. The highest BCUT2D eigenvalue weighted by Crippen LogP contribution is 2.07. The Morgan fingerprint density at radius 1 is 1.50 bits per heavy atom. The van der Waals surface area contributed by atoms with Crippen molar-refractivity contribution in [1.82, 2.24) is 15.4 Å². The Bertz CT molecular complexity index is 416. The molecule has 0 bridgehead atoms. The molecule has 7 nitrogen and oxygen atoms in total. The van der Waals surface area contributed by atoms with Crippen molar-refractivity contribution in [3.8, 4) is 0 Å². The second-order valence-electron chi connectivity index (χ2n) is 3.74. The highest BCUT2D eigenvalue weighted by Gasteiger charge is 2.14. The van der Waals surface area contributed by atoms with E-state index in [9.17, 15) is 9.59 Å². The van der Waals surface area contributed by atoms with E-state index in [1.165, 1.54) is 6.07 Å². The SMILES string of the molecule is CCNC(=O)CN(CC)Cc1cc(C(=O)O)no1. The largest absolute Gasteiger partial charge is 0.476 e. The average molecular weight is 255 g/mol. The van der Waals surface area contributed by atoms with Crippen LogP contribution in [0.4, 0.5) is 0 Å². The van der Waals surface area contributed by atoms with E-state index in [-0.39, 0.29) is 18.1 Å². The summed E-state index contributed by atoms with van der Waals surface area (Å²) >= 11 is 0. The van der Waals surface area contributed by atoms with Gasteiger partial charge in [-0.05, 0) is 13.5 Å². The number of hydrogen-bond acceptors (Lipinski definition) is 5. The van der Waals surface area contributed by atoms with Crippen LogP contribution in [-0.2, 0) is 11.3 Å². The van der Waals surface area contributed by atoms with Gasteiger partial charge in [0.25, 0.3) is 0 Å². The van der Waals surface area contributed by atoms with Crippen LogP contribution in [0, 0.1) is 0 Å². The lowest BCUT2D eigenvalue weighted by molar-refractivity contribution is -0.122. The number of amides is 1. The first-order valence-corrected chi connectivity index (χ1v) is 5.74. The lowest BCUT2D eigenvalue weighted by Crippen LogP contribution is -2.36. The van der Waals surface area contributed by atoms with Crippen LogP contribution < -0.4 is 5.32 Å². The molecule has 0 unspecified atom stereocenters. The normalized spacial score (nSPS) is 10.6. The molecule has 0 aromatic carbocycles. The number of carboxylic acid groups (broad SMARTS) is 1. The van der Waals surface area contributed by atoms with Crippen LogP contribution in [-0.4, -0.2) is 46.7 Å². The monoisotopic (exact) mass is 255 g/mol. The maximum absolute atomic E-state index is 11.4. The highest BCUT2D eigenvalue weighted by atomic mass is 16.5. The van der Waals surface area contributed by atoms with Crippen LogP contribution in [0.2, 0.25) is 0 Å². The van der Waals surface area contributed by atoms with Gasteiger partial charge in [0.05, 0.1) is 13.1 Å². The first-order valence-electron chi connectivity index (χ1n) is 5.74. The van der Waals surface area contributed by atoms with Gasteiger partial charge < -0.3 is 14.9 Å². The van der Waals surface area contributed by atoms with Gasteiger partial charge in [-0.2, -0.15) is 0 Å². The fourth-order valence-corrected chi connectivity index (χ4v) is 1.44. The Morgan fingerprint density at radius 2 is 2.22 bits per heavy atom. The summed E-state index contributed by atoms with van der Waals surface area (Å²) in [7, 11) is 0. The standard InChI is InChI=1S/C11H17N3O4/c1-3-12-10(15)7-14(4-2)6-8-5-9(11(16)17)13-18-8/h5H,3-4,6-7H2,1-2H3,(H,12,15)(H,16,17). The molecule has 100 valence electrons. The van der Waals surface area contributed by atoms with Gasteiger partial charge in [0.2, 0.25) is 5.91 Å². The molecular weight excluding hydrogens is 238 g/mol. The van der Waals surface area contributed by atoms with E-state index in [4.69, 9.17) is 9.63 Å². The lowest BCUT2D eigenvalue weighted by atomic mass is 10.3. The quantitative estimate of drug-likeness (QED) is 0.729. The Labute approximate surface area is 105 Å². The molecule has 0 aliphatic heterocycles. The van der Waals surface area contributed by atoms with Crippen LogP contribution in [0.15, 0.2) is 10.6 Å². The number of carboxylic acids is 1. The first-order chi connectivity index (χ1) is 8.56. The molecule has 7 heteroatoms. The van der Waals surface area contributed by atoms with Crippen LogP contribution in [0.1, 0.15) is 30.1 Å². The maximum atomic E-state index is 11.4. The molecule has 1 aromatic rings. The Balaban J connectivity index is 2.56. The summed E-state index contributed by atoms with van der Waals surface area (Å²) in [5.74, 6) is -0.771. The molecule has 0 saturated carbocycles. The zero-order valence-corrected chi connectivity index (χ0v) is 10.5. The van der Waals surface area contributed by atoms with E-state index in [0.29, 0.717) is 25.4 Å². The second kappa shape index (κ2) is 6.75. The van der Waals surface area contributed by atoms with E-state index in [2.05, 4.69) is 10.5 Å². The van der Waals surface area contributed by atoms with Crippen molar-refractivity contribution in [3.05, 3.63) is 17.5 Å². The molecule has 0 aliphatic carbocycles. The number of rotatable bonds is 7. The van der Waals surface area contributed by atoms with E-state index < -0.39 is 5.97 Å². The highest BCUT2D eigenvalue weighted by molar-refractivity contribution is 5.85. The molecule has 0 saturated heterocycles. The summed E-state index contributed by atoms with van der Waals surface area (Å²) in [5.41, 5.74) is -0.126. The van der Waals surface area contributed by atoms with Crippen molar-refractivity contribution in [2.24, 2.45) is 0 Å².